The van der Waals surface area contributed by atoms with Crippen molar-refractivity contribution in [1.29, 1.82) is 0 Å². The number of ether oxygens (including phenoxy) is 2. The number of anilines is 1. The quantitative estimate of drug-likeness (QED) is 0.728. The summed E-state index contributed by atoms with van der Waals surface area (Å²) in [5.74, 6) is -0.615. The van der Waals surface area contributed by atoms with Gasteiger partial charge in [-0.25, -0.2) is 0 Å². The lowest BCUT2D eigenvalue weighted by Gasteiger charge is -2.34. The number of hydrogen-bond acceptors (Lipinski definition) is 6. The van der Waals surface area contributed by atoms with Crippen LogP contribution in [0.1, 0.15) is 11.6 Å². The molecule has 2 amide bonds. The summed E-state index contributed by atoms with van der Waals surface area (Å²) in [6, 6.07) is 10.9. The standard InChI is InChI=1S/C20H24N4O4/c1-27-17-4-2-15(3-5-17)18(24-10-12-28-13-11-24)14-22-19(25)20(26)23-16-6-8-21-9-7-16/h2-9,18H,10-14H2,1H3,(H,22,25)(H,21,23,26)/t18-/m0/s1. The van der Waals surface area contributed by atoms with Crippen molar-refractivity contribution in [3.8, 4) is 5.75 Å². The van der Waals surface area contributed by atoms with Gasteiger partial charge in [-0.3, -0.25) is 19.5 Å². The fourth-order valence-electron chi connectivity index (χ4n) is 3.07. The molecule has 1 aromatic heterocycles. The summed E-state index contributed by atoms with van der Waals surface area (Å²) in [5, 5.41) is 5.31. The molecule has 148 valence electrons. The van der Waals surface area contributed by atoms with Crippen molar-refractivity contribution < 1.29 is 19.1 Å². The van der Waals surface area contributed by atoms with Crippen molar-refractivity contribution in [2.45, 2.75) is 6.04 Å². The van der Waals surface area contributed by atoms with Crippen molar-refractivity contribution >= 4 is 17.5 Å². The van der Waals surface area contributed by atoms with E-state index < -0.39 is 11.8 Å². The fourth-order valence-corrected chi connectivity index (χ4v) is 3.07. The van der Waals surface area contributed by atoms with Gasteiger partial charge in [0.15, 0.2) is 0 Å². The SMILES string of the molecule is COc1ccc([C@H](CNC(=O)C(=O)Nc2ccncc2)N2CCOCC2)cc1. The molecule has 0 bridgehead atoms. The summed E-state index contributed by atoms with van der Waals surface area (Å²) >= 11 is 0. The maximum Gasteiger partial charge on any atom is 0.313 e. The van der Waals surface area contributed by atoms with Gasteiger partial charge in [0.05, 0.1) is 26.4 Å². The molecule has 8 nitrogen and oxygen atoms in total. The van der Waals surface area contributed by atoms with E-state index in [1.54, 1.807) is 31.6 Å². The smallest absolute Gasteiger partial charge is 0.313 e. The molecule has 1 fully saturated rings. The third-order valence-corrected chi connectivity index (χ3v) is 4.59. The molecule has 1 aliphatic heterocycles. The number of hydrogen-bond donors (Lipinski definition) is 2. The Balaban J connectivity index is 1.64. The predicted molar refractivity (Wildman–Crippen MR) is 104 cm³/mol. The molecule has 1 atom stereocenters. The fraction of sp³-hybridized carbons (Fsp3) is 0.350. The van der Waals surface area contributed by atoms with E-state index in [0.717, 1.165) is 24.4 Å². The number of methoxy groups -OCH3 is 1. The Morgan fingerprint density at radius 2 is 1.79 bits per heavy atom. The molecule has 0 spiro atoms. The minimum absolute atomic E-state index is 0.0625. The highest BCUT2D eigenvalue weighted by atomic mass is 16.5. The zero-order valence-electron chi connectivity index (χ0n) is 15.8. The van der Waals surface area contributed by atoms with Gasteiger partial charge >= 0.3 is 11.8 Å². The maximum absolute atomic E-state index is 12.3. The normalized spacial score (nSPS) is 15.5. The van der Waals surface area contributed by atoms with Gasteiger partial charge in [-0.2, -0.15) is 0 Å². The first-order valence-electron chi connectivity index (χ1n) is 9.12. The van der Waals surface area contributed by atoms with Crippen LogP contribution in [0.5, 0.6) is 5.75 Å². The number of aromatic nitrogens is 1. The molecule has 8 heteroatoms. The van der Waals surface area contributed by atoms with Gasteiger partial charge in [-0.1, -0.05) is 12.1 Å². The van der Waals surface area contributed by atoms with Crippen LogP contribution >= 0.6 is 0 Å². The lowest BCUT2D eigenvalue weighted by molar-refractivity contribution is -0.136. The number of pyridine rings is 1. The first-order chi connectivity index (χ1) is 13.7. The Hall–Kier alpha value is -2.97. The van der Waals surface area contributed by atoms with Gasteiger partial charge in [0, 0.05) is 37.7 Å². The molecule has 0 unspecified atom stereocenters. The van der Waals surface area contributed by atoms with Crippen molar-refractivity contribution in [3.63, 3.8) is 0 Å². The van der Waals surface area contributed by atoms with Gasteiger partial charge in [-0.05, 0) is 29.8 Å². The Bertz CT molecular complexity index is 777. The highest BCUT2D eigenvalue weighted by Crippen LogP contribution is 2.23. The summed E-state index contributed by atoms with van der Waals surface area (Å²) in [6.07, 6.45) is 3.09. The van der Waals surface area contributed by atoms with E-state index >= 15 is 0 Å². The van der Waals surface area contributed by atoms with Crippen molar-refractivity contribution in [1.82, 2.24) is 15.2 Å². The average Bonchev–Trinajstić information content (AvgIpc) is 2.75. The van der Waals surface area contributed by atoms with Crippen molar-refractivity contribution in [3.05, 3.63) is 54.4 Å². The van der Waals surface area contributed by atoms with Crippen molar-refractivity contribution in [2.75, 3.05) is 45.3 Å². The summed E-state index contributed by atoms with van der Waals surface area (Å²) in [7, 11) is 1.62. The summed E-state index contributed by atoms with van der Waals surface area (Å²) in [5.41, 5.74) is 1.56. The highest BCUT2D eigenvalue weighted by molar-refractivity contribution is 6.39. The first kappa shape index (κ1) is 19.8. The van der Waals surface area contributed by atoms with Gasteiger partial charge in [0.1, 0.15) is 5.75 Å². The van der Waals surface area contributed by atoms with Crippen LogP contribution in [0.15, 0.2) is 48.8 Å². The monoisotopic (exact) mass is 384 g/mol. The molecule has 3 rings (SSSR count). The van der Waals surface area contributed by atoms with E-state index in [4.69, 9.17) is 9.47 Å². The Morgan fingerprint density at radius 3 is 2.43 bits per heavy atom. The molecule has 1 saturated heterocycles. The number of nitrogens with zero attached hydrogens (tertiary/aromatic N) is 2. The van der Waals surface area contributed by atoms with Gasteiger partial charge in [-0.15, -0.1) is 0 Å². The zero-order valence-corrected chi connectivity index (χ0v) is 15.8. The van der Waals surface area contributed by atoms with Gasteiger partial charge in [0.2, 0.25) is 0 Å². The van der Waals surface area contributed by atoms with Crippen LogP contribution in [0, 0.1) is 0 Å². The molecule has 0 radical (unpaired) electrons. The third-order valence-electron chi connectivity index (χ3n) is 4.59. The lowest BCUT2D eigenvalue weighted by Crippen LogP contribution is -2.45. The van der Waals surface area contributed by atoms with Gasteiger partial charge in [0.25, 0.3) is 0 Å². The molecule has 2 aromatic rings. The number of nitrogens with one attached hydrogen (secondary N) is 2. The van der Waals surface area contributed by atoms with Crippen LogP contribution in [0.3, 0.4) is 0 Å². The minimum atomic E-state index is -0.707. The van der Waals surface area contributed by atoms with E-state index in [-0.39, 0.29) is 6.04 Å². The van der Waals surface area contributed by atoms with Crippen LogP contribution in [-0.2, 0) is 14.3 Å². The van der Waals surface area contributed by atoms with E-state index in [1.807, 2.05) is 24.3 Å². The van der Waals surface area contributed by atoms with E-state index in [1.165, 1.54) is 0 Å². The first-order valence-corrected chi connectivity index (χ1v) is 9.12. The van der Waals surface area contributed by atoms with Crippen LogP contribution in [0.4, 0.5) is 5.69 Å². The largest absolute Gasteiger partial charge is 0.497 e. The Kier molecular flexibility index (Phi) is 6.94. The number of morpholine rings is 1. The summed E-state index contributed by atoms with van der Waals surface area (Å²) < 4.78 is 10.7. The number of benzene rings is 1. The second-order valence-corrected chi connectivity index (χ2v) is 6.34. The van der Waals surface area contributed by atoms with E-state index in [2.05, 4.69) is 20.5 Å². The Morgan fingerprint density at radius 1 is 1.11 bits per heavy atom. The highest BCUT2D eigenvalue weighted by Gasteiger charge is 2.24. The number of carbonyl (C=O) groups excluding carboxylic acids is 2. The van der Waals surface area contributed by atoms with E-state index in [9.17, 15) is 9.59 Å². The van der Waals surface area contributed by atoms with Crippen LogP contribution in [-0.4, -0.2) is 61.7 Å². The molecule has 1 aliphatic rings. The number of carbonyl (C=O) groups is 2. The third kappa shape index (κ3) is 5.28. The molecule has 2 heterocycles. The molecule has 0 aliphatic carbocycles. The van der Waals surface area contributed by atoms with Crippen LogP contribution in [0.2, 0.25) is 0 Å². The Labute approximate surface area is 163 Å². The molecule has 1 aromatic carbocycles. The second kappa shape index (κ2) is 9.82. The van der Waals surface area contributed by atoms with Crippen LogP contribution in [0.25, 0.3) is 0 Å². The number of rotatable bonds is 6. The second-order valence-electron chi connectivity index (χ2n) is 6.34. The summed E-state index contributed by atoms with van der Waals surface area (Å²) in [4.78, 5) is 30.5. The molecule has 0 saturated carbocycles. The molecule has 2 N–H and O–H groups in total. The topological polar surface area (TPSA) is 92.8 Å². The van der Waals surface area contributed by atoms with E-state index in [0.29, 0.717) is 25.4 Å². The average molecular weight is 384 g/mol. The molecular formula is C20H24N4O4. The van der Waals surface area contributed by atoms with Crippen molar-refractivity contribution in [2.24, 2.45) is 0 Å². The molecular weight excluding hydrogens is 360 g/mol. The molecule has 28 heavy (non-hydrogen) atoms. The lowest BCUT2D eigenvalue weighted by atomic mass is 10.0. The van der Waals surface area contributed by atoms with Crippen LogP contribution < -0.4 is 15.4 Å². The number of amides is 2. The zero-order chi connectivity index (χ0) is 19.8. The minimum Gasteiger partial charge on any atom is -0.497 e. The maximum atomic E-state index is 12.3. The summed E-state index contributed by atoms with van der Waals surface area (Å²) in [6.45, 7) is 3.12. The van der Waals surface area contributed by atoms with Gasteiger partial charge < -0.3 is 20.1 Å². The predicted octanol–water partition coefficient (Wildman–Crippen LogP) is 1.22.